The van der Waals surface area contributed by atoms with Crippen LogP contribution in [0.25, 0.3) is 10.2 Å². The number of nitrogens with one attached hydrogen (secondary N) is 1. The van der Waals surface area contributed by atoms with Crippen molar-refractivity contribution in [1.82, 2.24) is 4.98 Å². The summed E-state index contributed by atoms with van der Waals surface area (Å²) in [5.74, 6) is -0.717. The maximum atomic E-state index is 13.4. The molecule has 0 fully saturated rings. The van der Waals surface area contributed by atoms with E-state index in [1.54, 1.807) is 13.8 Å². The Morgan fingerprint density at radius 3 is 2.09 bits per heavy atom. The van der Waals surface area contributed by atoms with E-state index in [0.29, 0.717) is 10.7 Å². The Hall–Kier alpha value is -3.19. The predicted molar refractivity (Wildman–Crippen MR) is 122 cm³/mol. The molecule has 4 aromatic rings. The quantitative estimate of drug-likeness (QED) is 0.349. The number of aromatic nitrogens is 1. The van der Waals surface area contributed by atoms with Crippen molar-refractivity contribution in [2.45, 2.75) is 25.9 Å². The highest BCUT2D eigenvalue weighted by atomic mass is 32.1. The molecule has 0 saturated heterocycles. The van der Waals surface area contributed by atoms with Gasteiger partial charge >= 0.3 is 6.18 Å². The Bertz CT molecular complexity index is 1200. The summed E-state index contributed by atoms with van der Waals surface area (Å²) in [5.41, 5.74) is 0.585. The van der Waals surface area contributed by atoms with E-state index in [9.17, 15) is 18.0 Å². The summed E-state index contributed by atoms with van der Waals surface area (Å²) in [5, 5.41) is 3.41. The molecular weight excluding hydrogens is 433 g/mol. The van der Waals surface area contributed by atoms with Gasteiger partial charge in [-0.2, -0.15) is 13.2 Å². The number of thiazole rings is 1. The molecule has 1 aromatic heterocycles. The van der Waals surface area contributed by atoms with Crippen LogP contribution in [0.1, 0.15) is 36.5 Å². The van der Waals surface area contributed by atoms with Gasteiger partial charge in [-0.25, -0.2) is 4.98 Å². The van der Waals surface area contributed by atoms with Gasteiger partial charge in [0.25, 0.3) is 0 Å². The molecule has 0 spiro atoms. The minimum Gasteiger partial charge on any atom is -0.301 e. The molecule has 164 valence electrons. The Labute approximate surface area is 187 Å². The Kier molecular flexibility index (Phi) is 5.77. The minimum absolute atomic E-state index is 0.259. The zero-order valence-corrected chi connectivity index (χ0v) is 18.3. The molecule has 1 heterocycles. The molecule has 3 aromatic carbocycles. The molecule has 0 aliphatic heterocycles. The molecule has 1 N–H and O–H groups in total. The van der Waals surface area contributed by atoms with Gasteiger partial charge < -0.3 is 5.32 Å². The van der Waals surface area contributed by atoms with Crippen LogP contribution < -0.4 is 5.32 Å². The van der Waals surface area contributed by atoms with Crippen LogP contribution in [0.3, 0.4) is 0 Å². The number of halogens is 3. The summed E-state index contributed by atoms with van der Waals surface area (Å²) in [4.78, 5) is 17.9. The first kappa shape index (κ1) is 22.0. The van der Waals surface area contributed by atoms with E-state index in [2.05, 4.69) is 10.3 Å². The number of nitrogens with zero attached hydrogens (tertiary/aromatic N) is 1. The van der Waals surface area contributed by atoms with Gasteiger partial charge in [-0.3, -0.25) is 4.79 Å². The van der Waals surface area contributed by atoms with Crippen molar-refractivity contribution in [3.8, 4) is 0 Å². The van der Waals surface area contributed by atoms with Gasteiger partial charge in [0.1, 0.15) is 0 Å². The topological polar surface area (TPSA) is 42.0 Å². The second kappa shape index (κ2) is 8.39. The lowest BCUT2D eigenvalue weighted by Crippen LogP contribution is -2.37. The lowest BCUT2D eigenvalue weighted by molar-refractivity contribution is -0.137. The van der Waals surface area contributed by atoms with Crippen LogP contribution in [0.15, 0.2) is 78.9 Å². The summed E-state index contributed by atoms with van der Waals surface area (Å²) >= 11 is 1.38. The average Bonchev–Trinajstić information content (AvgIpc) is 3.16. The van der Waals surface area contributed by atoms with Crippen LogP contribution in [0.2, 0.25) is 0 Å². The number of carbonyl (C=O) groups excluding carboxylic acids is 1. The second-order valence-electron chi connectivity index (χ2n) is 8.13. The number of alkyl halides is 3. The lowest BCUT2D eigenvalue weighted by atomic mass is 9.70. The Morgan fingerprint density at radius 1 is 0.875 bits per heavy atom. The third-order valence-corrected chi connectivity index (χ3v) is 6.48. The number of rotatable bonds is 5. The van der Waals surface area contributed by atoms with E-state index in [-0.39, 0.29) is 5.91 Å². The summed E-state index contributed by atoms with van der Waals surface area (Å²) in [6.45, 7) is 3.59. The Balaban J connectivity index is 1.69. The zero-order chi connectivity index (χ0) is 22.9. The second-order valence-corrected chi connectivity index (χ2v) is 9.16. The lowest BCUT2D eigenvalue weighted by Gasteiger charge is -2.34. The fourth-order valence-corrected chi connectivity index (χ4v) is 4.71. The molecule has 1 amide bonds. The van der Waals surface area contributed by atoms with Gasteiger partial charge in [-0.15, -0.1) is 0 Å². The van der Waals surface area contributed by atoms with Crippen molar-refractivity contribution in [3.63, 3.8) is 0 Å². The smallest absolute Gasteiger partial charge is 0.301 e. The minimum atomic E-state index is -4.42. The summed E-state index contributed by atoms with van der Waals surface area (Å²) in [7, 11) is 0. The molecule has 0 saturated carbocycles. The fourth-order valence-electron chi connectivity index (χ4n) is 3.85. The van der Waals surface area contributed by atoms with E-state index >= 15 is 0 Å². The van der Waals surface area contributed by atoms with Crippen molar-refractivity contribution >= 4 is 32.6 Å². The van der Waals surface area contributed by atoms with Crippen molar-refractivity contribution in [2.75, 3.05) is 5.32 Å². The van der Waals surface area contributed by atoms with Gasteiger partial charge in [0.05, 0.1) is 21.2 Å². The van der Waals surface area contributed by atoms with Crippen molar-refractivity contribution in [3.05, 3.63) is 95.6 Å². The van der Waals surface area contributed by atoms with Crippen molar-refractivity contribution in [2.24, 2.45) is 5.41 Å². The first-order valence-electron chi connectivity index (χ1n) is 10.1. The standard InChI is InChI=1S/C25H21F3N2OS/c1-24(2,22(31)30-23-29-19-10-6-7-11-20(19)32-23)21(16-8-4-3-5-9-16)17-12-14-18(15-13-17)25(26,27)28/h3-15,21H,1-2H3,(H,29,30,31). The van der Waals surface area contributed by atoms with E-state index in [0.717, 1.165) is 27.9 Å². The number of carbonyl (C=O) groups is 1. The highest BCUT2D eigenvalue weighted by Gasteiger charge is 2.40. The average molecular weight is 455 g/mol. The maximum Gasteiger partial charge on any atom is 0.416 e. The largest absolute Gasteiger partial charge is 0.416 e. The van der Waals surface area contributed by atoms with Gasteiger partial charge in [-0.1, -0.05) is 79.8 Å². The number of amides is 1. The SMILES string of the molecule is CC(C)(C(=O)Nc1nc2ccccc2s1)C(c1ccccc1)c1ccc(C(F)(F)F)cc1. The van der Waals surface area contributed by atoms with Gasteiger partial charge in [-0.05, 0) is 35.4 Å². The molecule has 0 aliphatic carbocycles. The van der Waals surface area contributed by atoms with Gasteiger partial charge in [0.2, 0.25) is 5.91 Å². The first-order chi connectivity index (χ1) is 15.2. The highest BCUT2D eigenvalue weighted by Crippen LogP contribution is 2.43. The zero-order valence-electron chi connectivity index (χ0n) is 17.5. The van der Waals surface area contributed by atoms with Crippen LogP contribution in [0.5, 0.6) is 0 Å². The number of para-hydroxylation sites is 1. The third kappa shape index (κ3) is 4.39. The monoisotopic (exact) mass is 454 g/mol. The van der Waals surface area contributed by atoms with Crippen LogP contribution in [0, 0.1) is 5.41 Å². The first-order valence-corrected chi connectivity index (χ1v) is 10.9. The molecular formula is C25H21F3N2OS. The Morgan fingerprint density at radius 2 is 1.47 bits per heavy atom. The van der Waals surface area contributed by atoms with Crippen LogP contribution in [0.4, 0.5) is 18.3 Å². The normalized spacial score (nSPS) is 13.2. The number of hydrogen-bond acceptors (Lipinski definition) is 3. The predicted octanol–water partition coefficient (Wildman–Crippen LogP) is 7.11. The van der Waals surface area contributed by atoms with E-state index in [1.165, 1.54) is 23.5 Å². The summed E-state index contributed by atoms with van der Waals surface area (Å²) in [6, 6.07) is 22.0. The number of benzene rings is 3. The van der Waals surface area contributed by atoms with Crippen LogP contribution in [-0.4, -0.2) is 10.9 Å². The molecule has 1 unspecified atom stereocenters. The molecule has 7 heteroatoms. The fraction of sp³-hybridized carbons (Fsp3) is 0.200. The van der Waals surface area contributed by atoms with E-state index in [1.807, 2.05) is 54.6 Å². The summed E-state index contributed by atoms with van der Waals surface area (Å²) < 4.78 is 40.2. The summed E-state index contributed by atoms with van der Waals surface area (Å²) in [6.07, 6.45) is -4.42. The molecule has 3 nitrogen and oxygen atoms in total. The molecule has 32 heavy (non-hydrogen) atoms. The molecule has 0 radical (unpaired) electrons. The van der Waals surface area contributed by atoms with Crippen LogP contribution in [-0.2, 0) is 11.0 Å². The number of fused-ring (bicyclic) bond motifs is 1. The number of anilines is 1. The third-order valence-electron chi connectivity index (χ3n) is 5.53. The number of hydrogen-bond donors (Lipinski definition) is 1. The highest BCUT2D eigenvalue weighted by molar-refractivity contribution is 7.22. The van der Waals surface area contributed by atoms with Crippen LogP contribution >= 0.6 is 11.3 Å². The van der Waals surface area contributed by atoms with Gasteiger partial charge in [0, 0.05) is 5.92 Å². The molecule has 1 atom stereocenters. The molecule has 4 rings (SSSR count). The van der Waals surface area contributed by atoms with Gasteiger partial charge in [0.15, 0.2) is 5.13 Å². The maximum absolute atomic E-state index is 13.4. The van der Waals surface area contributed by atoms with E-state index in [4.69, 9.17) is 0 Å². The van der Waals surface area contributed by atoms with Crippen molar-refractivity contribution < 1.29 is 18.0 Å². The van der Waals surface area contributed by atoms with Crippen molar-refractivity contribution in [1.29, 1.82) is 0 Å². The van der Waals surface area contributed by atoms with E-state index < -0.39 is 23.1 Å². The molecule has 0 bridgehead atoms. The molecule has 0 aliphatic rings.